The van der Waals surface area contributed by atoms with E-state index in [1.807, 2.05) is 20.8 Å². The van der Waals surface area contributed by atoms with Crippen LogP contribution in [0.3, 0.4) is 0 Å². The van der Waals surface area contributed by atoms with Crippen LogP contribution in [0.5, 0.6) is 0 Å². The topological polar surface area (TPSA) is 361 Å². The van der Waals surface area contributed by atoms with Gasteiger partial charge in [-0.25, -0.2) is 24.8 Å². The molecule has 0 aliphatic carbocycles. The van der Waals surface area contributed by atoms with Gasteiger partial charge in [-0.05, 0) is 32.4 Å². The van der Waals surface area contributed by atoms with Gasteiger partial charge in [0, 0.05) is 37.0 Å². The second kappa shape index (κ2) is 25.0. The number of nitrogens with zero attached hydrogens (tertiary/aromatic N) is 5. The summed E-state index contributed by atoms with van der Waals surface area (Å²) in [7, 11) is -4.17. The predicted octanol–water partition coefficient (Wildman–Crippen LogP) is -5.31. The summed E-state index contributed by atoms with van der Waals surface area (Å²) in [6, 6.07) is 0.267. The van der Waals surface area contributed by atoms with Gasteiger partial charge < -0.3 is 44.4 Å². The van der Waals surface area contributed by atoms with Crippen LogP contribution in [0.15, 0.2) is 6.33 Å². The van der Waals surface area contributed by atoms with Gasteiger partial charge in [-0.3, -0.25) is 4.55 Å². The van der Waals surface area contributed by atoms with Crippen LogP contribution in [0, 0.1) is 0 Å². The van der Waals surface area contributed by atoms with Crippen LogP contribution in [0.4, 0.5) is 17.8 Å². The number of nitrogens with two attached hydrogens (primary N) is 2. The van der Waals surface area contributed by atoms with Crippen molar-refractivity contribution in [3.8, 4) is 0 Å². The number of aromatic nitrogens is 6. The molecule has 215 valence electrons. The zero-order valence-electron chi connectivity index (χ0n) is 21.7. The Labute approximate surface area is 284 Å². The van der Waals surface area contributed by atoms with E-state index in [0.29, 0.717) is 17.8 Å². The van der Waals surface area contributed by atoms with Crippen LogP contribution in [0.2, 0.25) is 5.28 Å². The molecule has 2 rings (SSSR count). The minimum Gasteiger partial charge on any atom is -1.00 e. The Bertz CT molecular complexity index is 990. The molecule has 0 bridgehead atoms. The molecule has 0 saturated heterocycles. The van der Waals surface area contributed by atoms with E-state index < -0.39 is 34.5 Å². The number of aromatic amines is 1. The maximum atomic E-state index is 9.77. The number of rotatable bonds is 7. The molecule has 2 unspecified atom stereocenters. The molecule has 0 aliphatic heterocycles. The summed E-state index contributed by atoms with van der Waals surface area (Å²) >= 11 is 5.73. The van der Waals surface area contributed by atoms with Crippen molar-refractivity contribution in [1.82, 2.24) is 36.3 Å². The first kappa shape index (κ1) is 46.8. The molecule has 0 saturated carbocycles. The van der Waals surface area contributed by atoms with Crippen molar-refractivity contribution in [2.75, 3.05) is 22.9 Å². The standard InChI is InChI=1S/C8H14ClN5.C4H6O6.C2H4N4.K.H3NO3S.H3N.Sb.H/c1-4-10-7-12-6(9)13-8(14-7)11-5(2)3;5-1(3(7)8)2(6)4(9)10;3-2-4-1-5-6-2;;1-5(2,3)4;;;/h5H,4H2,1-3H3,(H2,10,11,12,13,14);1-2,5-6H,(H,7,8)(H,9,10);1H,(H3,3,4,5,6);;(H3,1,2,3,4);1H3;;/q;;;+1;;;;-1. The molecule has 2 atom stereocenters. The van der Waals surface area contributed by atoms with Gasteiger partial charge in [0.25, 0.3) is 0 Å². The molecule has 0 amide bonds. The van der Waals surface area contributed by atoms with Gasteiger partial charge in [0.1, 0.15) is 6.33 Å². The number of aliphatic hydroxyl groups excluding tert-OH is 2. The number of carbonyl (C=O) groups is 2. The summed E-state index contributed by atoms with van der Waals surface area (Å²) in [6.45, 7) is 6.73. The number of halogens is 1. The number of H-pyrrole nitrogens is 1. The van der Waals surface area contributed by atoms with E-state index in [-0.39, 0.29) is 94.7 Å². The maximum absolute atomic E-state index is 9.77. The number of hydrogen-bond donors (Lipinski definition) is 11. The molecule has 38 heavy (non-hydrogen) atoms. The smallest absolute Gasteiger partial charge is 1.00 e. The predicted molar refractivity (Wildman–Crippen MR) is 133 cm³/mol. The number of nitrogens with one attached hydrogen (secondary N) is 3. The number of carboxylic acid groups (broad SMARTS) is 2. The summed E-state index contributed by atoms with van der Waals surface area (Å²) < 4.78 is 25.2. The Balaban J connectivity index is -0.0000000965. The Kier molecular flexibility index (Phi) is 30.8. The van der Waals surface area contributed by atoms with Crippen molar-refractivity contribution in [2.45, 2.75) is 39.0 Å². The monoisotopic (exact) mass is 724 g/mol. The molecular formula is C14H31ClKN11O9SSb. The van der Waals surface area contributed by atoms with Gasteiger partial charge in [-0.2, -0.15) is 28.5 Å². The number of carboxylic acids is 2. The van der Waals surface area contributed by atoms with Gasteiger partial charge in [0.05, 0.1) is 0 Å². The third-order valence-corrected chi connectivity index (χ3v) is 2.77. The zero-order valence-corrected chi connectivity index (χ0v) is 28.0. The maximum Gasteiger partial charge on any atom is 1.00 e. The van der Waals surface area contributed by atoms with Crippen molar-refractivity contribution in [3.63, 3.8) is 0 Å². The normalized spacial score (nSPS) is 10.9. The third-order valence-electron chi connectivity index (χ3n) is 2.60. The van der Waals surface area contributed by atoms with Crippen molar-refractivity contribution in [3.05, 3.63) is 11.6 Å². The SMILES string of the molecule is CCNc1nc(Cl)nc(NC(C)C)n1.N.NS(=O)(=O)O.Nc1ncn[nH]1.O=C(O)C(O)C(O)C(=O)O.[H-].[K+].[Sb]. The summed E-state index contributed by atoms with van der Waals surface area (Å²) in [6.07, 6.45) is -3.18. The van der Waals surface area contributed by atoms with Crippen LogP contribution >= 0.6 is 11.6 Å². The average molecular weight is 726 g/mol. The Morgan fingerprint density at radius 1 is 1.13 bits per heavy atom. The summed E-state index contributed by atoms with van der Waals surface area (Å²) in [4.78, 5) is 35.1. The Morgan fingerprint density at radius 3 is 1.82 bits per heavy atom. The van der Waals surface area contributed by atoms with Crippen molar-refractivity contribution in [2.24, 2.45) is 5.14 Å². The fourth-order valence-corrected chi connectivity index (χ4v) is 1.56. The van der Waals surface area contributed by atoms with E-state index in [4.69, 9.17) is 50.7 Å². The fraction of sp³-hybridized carbons (Fsp3) is 0.500. The van der Waals surface area contributed by atoms with Crippen molar-refractivity contribution in [1.29, 1.82) is 0 Å². The van der Waals surface area contributed by atoms with Gasteiger partial charge in [0.2, 0.25) is 23.1 Å². The fourth-order valence-electron chi connectivity index (χ4n) is 1.40. The Hall–Kier alpha value is -1.02. The number of anilines is 3. The molecule has 0 aromatic carbocycles. The van der Waals surface area contributed by atoms with Crippen LogP contribution in [0.25, 0.3) is 0 Å². The minimum atomic E-state index is -4.17. The molecular weight excluding hydrogens is 695 g/mol. The first-order chi connectivity index (χ1) is 16.0. The van der Waals surface area contributed by atoms with E-state index in [1.165, 1.54) is 6.33 Å². The quantitative estimate of drug-likeness (QED) is 0.0937. The number of aliphatic hydroxyl groups is 2. The van der Waals surface area contributed by atoms with E-state index in [0.717, 1.165) is 6.54 Å². The summed E-state index contributed by atoms with van der Waals surface area (Å²) in [5, 5.41) is 48.5. The minimum absolute atomic E-state index is 0. The zero-order chi connectivity index (χ0) is 27.8. The molecule has 0 aliphatic rings. The first-order valence-electron chi connectivity index (χ1n) is 9.07. The molecule has 2 aromatic rings. The van der Waals surface area contributed by atoms with Gasteiger partial charge in [0.15, 0.2) is 12.2 Å². The first-order valence-corrected chi connectivity index (χ1v) is 11.0. The molecule has 15 N–H and O–H groups in total. The second-order valence-electron chi connectivity index (χ2n) is 6.03. The average Bonchev–Trinajstić information content (AvgIpc) is 3.16. The number of hydrogen-bond acceptors (Lipinski definition) is 15. The van der Waals surface area contributed by atoms with E-state index >= 15 is 0 Å². The molecule has 20 nitrogen and oxygen atoms in total. The van der Waals surface area contributed by atoms with E-state index in [2.05, 4.69) is 45.9 Å². The summed E-state index contributed by atoms with van der Waals surface area (Å²) in [5.41, 5.74) is 5.05. The summed E-state index contributed by atoms with van der Waals surface area (Å²) in [5.74, 6) is -2.19. The third kappa shape index (κ3) is 29.5. The molecule has 2 heterocycles. The van der Waals surface area contributed by atoms with Crippen LogP contribution < -0.4 is 79.0 Å². The molecule has 3 radical (unpaired) electrons. The van der Waals surface area contributed by atoms with Crippen LogP contribution in [-0.2, 0) is 19.9 Å². The van der Waals surface area contributed by atoms with Gasteiger partial charge in [-0.1, -0.05) is 0 Å². The molecule has 0 spiro atoms. The largest absolute Gasteiger partial charge is 1.00 e. The Morgan fingerprint density at radius 2 is 1.55 bits per heavy atom. The molecule has 24 heteroatoms. The molecule has 2 aromatic heterocycles. The van der Waals surface area contributed by atoms with Crippen molar-refractivity contribution < 1.29 is 95.8 Å². The van der Waals surface area contributed by atoms with Crippen LogP contribution in [0.1, 0.15) is 22.2 Å². The van der Waals surface area contributed by atoms with E-state index in [1.54, 1.807) is 0 Å². The second-order valence-corrected chi connectivity index (χ2v) is 7.40. The van der Waals surface area contributed by atoms with E-state index in [9.17, 15) is 9.59 Å². The number of nitrogen functional groups attached to an aromatic ring is 1. The van der Waals surface area contributed by atoms with Gasteiger partial charge >= 0.3 is 73.6 Å². The van der Waals surface area contributed by atoms with Crippen LogP contribution in [-0.4, -0.2) is 125 Å². The van der Waals surface area contributed by atoms with Gasteiger partial charge in [-0.15, -0.1) is 0 Å². The van der Waals surface area contributed by atoms with Crippen molar-refractivity contribution >= 4 is 76.1 Å². The molecule has 0 fully saturated rings. The number of aliphatic carboxylic acids is 2.